The number of carboxylic acids is 1. The van der Waals surface area contributed by atoms with Gasteiger partial charge in [-0.3, -0.25) is 47.9 Å². The Labute approximate surface area is 447 Å². The van der Waals surface area contributed by atoms with Crippen molar-refractivity contribution in [2.75, 3.05) is 25.1 Å². The second-order valence-corrected chi connectivity index (χ2v) is 22.3. The van der Waals surface area contributed by atoms with Crippen LogP contribution in [-0.4, -0.2) is 150 Å². The number of hydrogen-bond acceptors (Lipinski definition) is 15. The number of ketones is 3. The average molecular weight is 1100 g/mol. The molecule has 2 saturated heterocycles. The maximum atomic E-state index is 15.0. The molecule has 2 aromatic carbocycles. The van der Waals surface area contributed by atoms with Crippen LogP contribution in [0.5, 0.6) is 5.75 Å². The third-order valence-corrected chi connectivity index (χ3v) is 15.6. The molecular weight excluding hydrogens is 1030 g/mol. The summed E-state index contributed by atoms with van der Waals surface area (Å²) >= 11 is 6.21. The van der Waals surface area contributed by atoms with Crippen molar-refractivity contribution in [3.63, 3.8) is 0 Å². The van der Waals surface area contributed by atoms with Crippen LogP contribution in [0.4, 0.5) is 0 Å². The van der Waals surface area contributed by atoms with Gasteiger partial charge in [-0.1, -0.05) is 83.4 Å². The van der Waals surface area contributed by atoms with Gasteiger partial charge in [0.05, 0.1) is 59.8 Å². The molecule has 0 aliphatic carbocycles. The Morgan fingerprint density at radius 3 is 2.24 bits per heavy atom. The zero-order valence-electron chi connectivity index (χ0n) is 42.0. The van der Waals surface area contributed by atoms with E-state index in [4.69, 9.17) is 11.6 Å². The Bertz CT molecular complexity index is 2540. The van der Waals surface area contributed by atoms with E-state index in [2.05, 4.69) is 36.6 Å². The lowest BCUT2D eigenvalue weighted by Crippen LogP contribution is -2.57. The first-order chi connectivity index (χ1) is 35.6. The molecule has 0 spiro atoms. The average Bonchev–Trinajstić information content (AvgIpc) is 4.03. The Balaban J connectivity index is 1.54. The van der Waals surface area contributed by atoms with Crippen LogP contribution in [0.3, 0.4) is 0 Å². The van der Waals surface area contributed by atoms with Crippen molar-refractivity contribution in [2.45, 2.75) is 115 Å². The van der Waals surface area contributed by atoms with E-state index in [1.165, 1.54) is 44.7 Å². The first-order valence-electron chi connectivity index (χ1n) is 24.5. The fourth-order valence-electron chi connectivity index (χ4n) is 8.99. The van der Waals surface area contributed by atoms with Crippen LogP contribution in [0, 0.1) is 23.7 Å². The third kappa shape index (κ3) is 18.2. The highest BCUT2D eigenvalue weighted by atomic mass is 35.5. The van der Waals surface area contributed by atoms with Crippen molar-refractivity contribution in [2.24, 2.45) is 23.7 Å². The topological polar surface area (TPSA) is 323 Å². The second-order valence-electron chi connectivity index (χ2n) is 19.3. The van der Waals surface area contributed by atoms with Gasteiger partial charge in [-0.05, 0) is 48.4 Å². The zero-order chi connectivity index (χ0) is 54.9. The van der Waals surface area contributed by atoms with Crippen molar-refractivity contribution >= 4 is 92.0 Å². The van der Waals surface area contributed by atoms with Gasteiger partial charge in [0.1, 0.15) is 17.8 Å². The molecule has 75 heavy (non-hydrogen) atoms. The van der Waals surface area contributed by atoms with E-state index in [9.17, 15) is 63.3 Å². The molecule has 3 heterocycles. The molecule has 1 aromatic heterocycles. The summed E-state index contributed by atoms with van der Waals surface area (Å²) in [6.07, 6.45) is -1.16. The molecule has 0 saturated carbocycles. The first-order valence-corrected chi connectivity index (χ1v) is 27.4. The van der Waals surface area contributed by atoms with Gasteiger partial charge in [0.15, 0.2) is 17.3 Å². The molecule has 3 aromatic rings. The number of carbonyl (C=O) groups is 10. The molecular formula is C51H65ClN8O13S2. The lowest BCUT2D eigenvalue weighted by molar-refractivity contribution is -0.143. The fraction of sp³-hybridized carbons (Fsp3) is 0.510. The minimum Gasteiger partial charge on any atom is -0.506 e. The van der Waals surface area contributed by atoms with E-state index in [0.717, 1.165) is 32.1 Å². The van der Waals surface area contributed by atoms with Crippen molar-refractivity contribution in [1.82, 2.24) is 41.5 Å². The smallest absolute Gasteiger partial charge is 0.304 e. The number of aromatic hydroxyl groups is 1. The summed E-state index contributed by atoms with van der Waals surface area (Å²) in [5.41, 5.74) is 1.57. The van der Waals surface area contributed by atoms with Crippen molar-refractivity contribution in [3.05, 3.63) is 82.9 Å². The Morgan fingerprint density at radius 2 is 1.60 bits per heavy atom. The minimum absolute atomic E-state index is 0.00653. The molecule has 0 bridgehead atoms. The van der Waals surface area contributed by atoms with Crippen LogP contribution in [0.2, 0.25) is 5.02 Å². The molecule has 2 fully saturated rings. The molecule has 5 rings (SSSR count). The standard InChI is InChI=1S/C51H65ClN8O13S2/c1-27(2)12-37-45(66)19-33(47(69)53-4)24-74-75-25-40(59-48(70)31(16-34-22-54-26-55-34)17-43(64)38(56-28(3)61)14-29-8-6-5-7-9-29)51(73)60-23-35(62)21-41(60)50(72)58-39(15-30-10-11-42(63)36(52)13-30)44(65)18-32(20-46(67)68)49(71)57-37/h5-11,13,22,26-27,31-33,35,37-41,62-63H,12,14-21,23-25H2,1-4H3,(H,53,69)(H,54,55)(H,56,61)(H,57,71)(H,58,72)(H,59,70)(H,67,68)/t31-,32+,33+,35?,37+,38+,39+,40+,41+/m1/s1. The fourth-order valence-corrected chi connectivity index (χ4v) is 11.7. The number of H-pyrrole nitrogens is 1. The van der Waals surface area contributed by atoms with Gasteiger partial charge in [0, 0.05) is 76.0 Å². The van der Waals surface area contributed by atoms with Gasteiger partial charge in [-0.25, -0.2) is 4.98 Å². The number of aliphatic hydroxyl groups is 1. The molecule has 1 unspecified atom stereocenters. The number of fused-ring (bicyclic) bond motifs is 1. The number of Topliss-reactive ketones (excluding diaryl/α,β-unsaturated/α-hetero) is 3. The lowest BCUT2D eigenvalue weighted by atomic mass is 9.90. The highest BCUT2D eigenvalue weighted by Gasteiger charge is 2.44. The molecule has 2 aliphatic heterocycles. The number of imidazole rings is 1. The summed E-state index contributed by atoms with van der Waals surface area (Å²) in [6.45, 7) is 4.48. The Kier molecular flexibility index (Phi) is 22.7. The van der Waals surface area contributed by atoms with E-state index < -0.39 is 132 Å². The molecule has 21 nitrogen and oxygen atoms in total. The maximum absolute atomic E-state index is 15.0. The summed E-state index contributed by atoms with van der Waals surface area (Å²) in [4.78, 5) is 147. The van der Waals surface area contributed by atoms with Crippen LogP contribution in [0.25, 0.3) is 0 Å². The van der Waals surface area contributed by atoms with Gasteiger partial charge in [0.2, 0.25) is 35.4 Å². The number of aliphatic carboxylic acids is 1. The number of carboxylic acid groups (broad SMARTS) is 1. The van der Waals surface area contributed by atoms with Gasteiger partial charge < -0.3 is 51.8 Å². The van der Waals surface area contributed by atoms with E-state index in [1.54, 1.807) is 44.2 Å². The summed E-state index contributed by atoms with van der Waals surface area (Å²) in [6, 6.07) is 6.39. The number of halogens is 1. The van der Waals surface area contributed by atoms with Crippen LogP contribution in [0.15, 0.2) is 61.1 Å². The number of phenolic OH excluding ortho intramolecular Hbond substituents is 1. The molecule has 2 aliphatic rings. The normalized spacial score (nSPS) is 23.3. The van der Waals surface area contributed by atoms with Crippen LogP contribution in [0.1, 0.15) is 76.1 Å². The Morgan fingerprint density at radius 1 is 0.907 bits per heavy atom. The number of nitrogens with zero attached hydrogens (tertiary/aromatic N) is 2. The molecule has 24 heteroatoms. The number of hydrogen-bond donors (Lipinski definition) is 9. The number of aromatic nitrogens is 2. The van der Waals surface area contributed by atoms with E-state index in [-0.39, 0.29) is 73.3 Å². The maximum Gasteiger partial charge on any atom is 0.304 e. The lowest BCUT2D eigenvalue weighted by Gasteiger charge is -2.31. The predicted molar refractivity (Wildman–Crippen MR) is 279 cm³/mol. The quantitative estimate of drug-likeness (QED) is 0.0875. The number of aliphatic hydroxyl groups excluding tert-OH is 1. The number of nitrogens with one attached hydrogen (secondary N) is 6. The van der Waals surface area contributed by atoms with E-state index >= 15 is 0 Å². The van der Waals surface area contributed by atoms with Gasteiger partial charge in [0.25, 0.3) is 0 Å². The zero-order valence-corrected chi connectivity index (χ0v) is 44.4. The highest BCUT2D eigenvalue weighted by Crippen LogP contribution is 2.30. The number of phenols is 1. The van der Waals surface area contributed by atoms with Gasteiger partial charge >= 0.3 is 5.97 Å². The molecule has 6 amide bonds. The van der Waals surface area contributed by atoms with E-state index in [0.29, 0.717) is 11.3 Å². The minimum atomic E-state index is -1.55. The summed E-state index contributed by atoms with van der Waals surface area (Å²) in [5.74, 6) is -12.0. The summed E-state index contributed by atoms with van der Waals surface area (Å²) < 4.78 is 0. The number of aromatic amines is 1. The third-order valence-electron chi connectivity index (χ3n) is 12.8. The van der Waals surface area contributed by atoms with Gasteiger partial charge in [-0.15, -0.1) is 0 Å². The number of carbonyl (C=O) groups excluding carboxylic acids is 9. The summed E-state index contributed by atoms with van der Waals surface area (Å²) in [5, 5.41) is 44.4. The number of rotatable bonds is 17. The summed E-state index contributed by atoms with van der Waals surface area (Å²) in [7, 11) is 3.55. The predicted octanol–water partition coefficient (Wildman–Crippen LogP) is 2.11. The van der Waals surface area contributed by atoms with Crippen LogP contribution in [-0.2, 0) is 67.2 Å². The number of amides is 6. The monoisotopic (exact) mass is 1100 g/mol. The molecule has 9 atom stereocenters. The molecule has 9 N–H and O–H groups in total. The van der Waals surface area contributed by atoms with Gasteiger partial charge in [-0.2, -0.15) is 0 Å². The van der Waals surface area contributed by atoms with Crippen molar-refractivity contribution in [1.29, 1.82) is 0 Å². The highest BCUT2D eigenvalue weighted by molar-refractivity contribution is 8.76. The van der Waals surface area contributed by atoms with Crippen molar-refractivity contribution < 1.29 is 63.3 Å². The number of benzene rings is 2. The van der Waals surface area contributed by atoms with Crippen LogP contribution >= 0.6 is 33.2 Å². The second kappa shape index (κ2) is 28.6. The molecule has 0 radical (unpaired) electrons. The largest absolute Gasteiger partial charge is 0.506 e. The van der Waals surface area contributed by atoms with Crippen molar-refractivity contribution in [3.8, 4) is 5.75 Å². The van der Waals surface area contributed by atoms with E-state index in [1.807, 2.05) is 0 Å². The SMILES string of the molecule is CNC(=O)[C@@H]1CSSC[C@H](NC(=O)[C@@H](CC(=O)[C@H](Cc2ccccc2)NC(C)=O)Cc2cnc[nH]2)C(=O)N2CC(O)C[C@H]2C(=O)N[C@@H](Cc2ccc(O)c(Cl)c2)C(=O)C[C@@H](CC(=O)O)C(=O)N[C@@H](CC(C)C)C(=O)C1. The molecule has 406 valence electrons. The van der Waals surface area contributed by atoms with Crippen LogP contribution < -0.4 is 26.6 Å². The first kappa shape index (κ1) is 59.6. The Hall–Kier alpha value is -6.30.